The van der Waals surface area contributed by atoms with Crippen molar-refractivity contribution < 1.29 is 37.3 Å². The Kier molecular flexibility index (Phi) is 12.8. The maximum absolute atomic E-state index is 14.4. The van der Waals surface area contributed by atoms with Crippen LogP contribution in [0.15, 0.2) is 71.9 Å². The third-order valence-corrected chi connectivity index (χ3v) is 9.80. The number of methoxy groups -OCH3 is 1. The lowest BCUT2D eigenvalue weighted by Gasteiger charge is -2.36. The first kappa shape index (κ1) is 36.6. The zero-order valence-corrected chi connectivity index (χ0v) is 29.0. The fraction of sp³-hybridized carbons (Fsp3) is 0.457. The minimum Gasteiger partial charge on any atom is -0.497 e. The first-order valence-corrected chi connectivity index (χ1v) is 17.6. The van der Waals surface area contributed by atoms with E-state index in [0.29, 0.717) is 30.1 Å². The quantitative estimate of drug-likeness (QED) is 0.334. The van der Waals surface area contributed by atoms with Crippen molar-refractivity contribution in [2.75, 3.05) is 45.2 Å². The second-order valence-corrected chi connectivity index (χ2v) is 13.9. The van der Waals surface area contributed by atoms with Crippen molar-refractivity contribution in [3.8, 4) is 11.5 Å². The zero-order chi connectivity index (χ0) is 34.8. The maximum Gasteiger partial charge on any atom is 0.261 e. The predicted molar refractivity (Wildman–Crippen MR) is 182 cm³/mol. The van der Waals surface area contributed by atoms with E-state index in [0.717, 1.165) is 12.8 Å². The Bertz CT molecular complexity index is 1620. The number of aromatic nitrogens is 1. The van der Waals surface area contributed by atoms with Crippen LogP contribution in [0.25, 0.3) is 0 Å². The molecule has 260 valence electrons. The van der Waals surface area contributed by atoms with Crippen LogP contribution in [0.1, 0.15) is 60.7 Å². The van der Waals surface area contributed by atoms with Crippen molar-refractivity contribution >= 4 is 27.5 Å². The van der Waals surface area contributed by atoms with Gasteiger partial charge >= 0.3 is 0 Å². The molecule has 0 radical (unpaired) electrons. The van der Waals surface area contributed by atoms with Crippen LogP contribution in [0.2, 0.25) is 0 Å². The Balaban J connectivity index is 1.65. The highest BCUT2D eigenvalue weighted by Gasteiger charge is 2.31. The SMILES string of the molecule is COc1ccc(S(=O)(=O)Nc2ccc3c(c2)C(=O)N([C@H](C)CO)C[C@H](C)[C@H](CN(C)C(=O)c2ccncc2)OCCCC[C@@H](C)O3)cc1. The van der Waals surface area contributed by atoms with E-state index in [1.807, 2.05) is 13.8 Å². The smallest absolute Gasteiger partial charge is 0.261 e. The van der Waals surface area contributed by atoms with Gasteiger partial charge in [-0.05, 0) is 87.7 Å². The number of anilines is 1. The van der Waals surface area contributed by atoms with Gasteiger partial charge in [0.05, 0.1) is 42.4 Å². The number of pyridine rings is 1. The molecule has 4 atom stereocenters. The molecule has 4 rings (SSSR count). The van der Waals surface area contributed by atoms with Gasteiger partial charge in [-0.15, -0.1) is 0 Å². The summed E-state index contributed by atoms with van der Waals surface area (Å²) in [5, 5.41) is 10.2. The number of hydrogen-bond acceptors (Lipinski definition) is 9. The van der Waals surface area contributed by atoms with Crippen LogP contribution in [0.5, 0.6) is 11.5 Å². The summed E-state index contributed by atoms with van der Waals surface area (Å²) in [6.45, 7) is 6.24. The Labute approximate surface area is 283 Å². The first-order chi connectivity index (χ1) is 22.9. The Morgan fingerprint density at radius 2 is 1.83 bits per heavy atom. The standard InChI is InChI=1S/C35H46N4O8S/c1-24-21-39(25(2)23-40)35(42)31-20-28(37-48(43,44)30-12-10-29(45-5)11-13-30)9-14-32(31)47-26(3)8-6-7-19-46-33(24)22-38(4)34(41)27-15-17-36-18-16-27/h9-18,20,24-26,33,37,40H,6-8,19,21-23H2,1-5H3/t24-,25+,26+,33-/m0/s1. The molecular formula is C35H46N4O8S. The molecule has 0 spiro atoms. The van der Waals surface area contributed by atoms with Gasteiger partial charge in [-0.3, -0.25) is 19.3 Å². The number of aliphatic hydroxyl groups is 1. The van der Waals surface area contributed by atoms with Crippen LogP contribution >= 0.6 is 0 Å². The van der Waals surface area contributed by atoms with E-state index < -0.39 is 28.1 Å². The van der Waals surface area contributed by atoms with Crippen molar-refractivity contribution in [3.05, 3.63) is 78.1 Å². The number of hydrogen-bond donors (Lipinski definition) is 2. The largest absolute Gasteiger partial charge is 0.497 e. The number of rotatable bonds is 9. The lowest BCUT2D eigenvalue weighted by Crippen LogP contribution is -2.48. The zero-order valence-electron chi connectivity index (χ0n) is 28.2. The van der Waals surface area contributed by atoms with E-state index in [1.54, 1.807) is 72.6 Å². The maximum atomic E-state index is 14.4. The van der Waals surface area contributed by atoms with Gasteiger partial charge in [-0.25, -0.2) is 8.42 Å². The summed E-state index contributed by atoms with van der Waals surface area (Å²) in [4.78, 5) is 34.7. The van der Waals surface area contributed by atoms with Crippen LogP contribution in [-0.2, 0) is 14.8 Å². The highest BCUT2D eigenvalue weighted by Crippen LogP contribution is 2.30. The molecule has 2 amide bonds. The normalized spacial score (nSPS) is 20.1. The molecule has 48 heavy (non-hydrogen) atoms. The number of nitrogens with zero attached hydrogens (tertiary/aromatic N) is 3. The molecule has 0 bridgehead atoms. The number of fused-ring (bicyclic) bond motifs is 1. The lowest BCUT2D eigenvalue weighted by molar-refractivity contribution is -0.0149. The van der Waals surface area contributed by atoms with Crippen molar-refractivity contribution in [3.63, 3.8) is 0 Å². The van der Waals surface area contributed by atoms with Gasteiger partial charge in [0.2, 0.25) is 0 Å². The monoisotopic (exact) mass is 682 g/mol. The van der Waals surface area contributed by atoms with Crippen LogP contribution in [0, 0.1) is 5.92 Å². The first-order valence-electron chi connectivity index (χ1n) is 16.1. The Morgan fingerprint density at radius 3 is 2.50 bits per heavy atom. The van der Waals surface area contributed by atoms with E-state index in [2.05, 4.69) is 9.71 Å². The van der Waals surface area contributed by atoms with Gasteiger partial charge in [0.1, 0.15) is 11.5 Å². The van der Waals surface area contributed by atoms with Gasteiger partial charge in [0.25, 0.3) is 21.8 Å². The Hall–Kier alpha value is -4.20. The summed E-state index contributed by atoms with van der Waals surface area (Å²) >= 11 is 0. The summed E-state index contributed by atoms with van der Waals surface area (Å²) < 4.78 is 46.8. The number of nitrogens with one attached hydrogen (secondary N) is 1. The second-order valence-electron chi connectivity index (χ2n) is 12.2. The highest BCUT2D eigenvalue weighted by atomic mass is 32.2. The molecule has 13 heteroatoms. The van der Waals surface area contributed by atoms with Crippen LogP contribution in [-0.4, -0.2) is 98.8 Å². The molecule has 2 aromatic carbocycles. The molecule has 12 nitrogen and oxygen atoms in total. The number of sulfonamides is 1. The molecule has 1 aliphatic rings. The lowest BCUT2D eigenvalue weighted by atomic mass is 10.0. The van der Waals surface area contributed by atoms with Crippen LogP contribution in [0.4, 0.5) is 5.69 Å². The summed E-state index contributed by atoms with van der Waals surface area (Å²) in [5.74, 6) is -0.0279. The third-order valence-electron chi connectivity index (χ3n) is 8.40. The number of carbonyl (C=O) groups excluding carboxylic acids is 2. The van der Waals surface area contributed by atoms with Crippen molar-refractivity contribution in [2.45, 2.75) is 63.2 Å². The molecule has 0 unspecified atom stereocenters. The van der Waals surface area contributed by atoms with Crippen molar-refractivity contribution in [1.82, 2.24) is 14.8 Å². The molecule has 2 heterocycles. The highest BCUT2D eigenvalue weighted by molar-refractivity contribution is 7.92. The predicted octanol–water partition coefficient (Wildman–Crippen LogP) is 4.46. The fourth-order valence-electron chi connectivity index (χ4n) is 5.49. The molecule has 0 saturated heterocycles. The van der Waals surface area contributed by atoms with E-state index in [1.165, 1.54) is 25.3 Å². The van der Waals surface area contributed by atoms with Gasteiger partial charge in [0.15, 0.2) is 0 Å². The molecule has 0 fully saturated rings. The van der Waals surface area contributed by atoms with Crippen LogP contribution in [0.3, 0.4) is 0 Å². The summed E-state index contributed by atoms with van der Waals surface area (Å²) in [6, 6.07) is 13.3. The van der Waals surface area contributed by atoms with E-state index in [-0.39, 0.29) is 53.8 Å². The number of benzene rings is 2. The van der Waals surface area contributed by atoms with Gasteiger partial charge < -0.3 is 29.1 Å². The van der Waals surface area contributed by atoms with Crippen LogP contribution < -0.4 is 14.2 Å². The number of aliphatic hydroxyl groups excluding tert-OH is 1. The topological polar surface area (TPSA) is 148 Å². The van der Waals surface area contributed by atoms with Gasteiger partial charge in [-0.2, -0.15) is 0 Å². The minimum atomic E-state index is -3.99. The van der Waals surface area contributed by atoms with Gasteiger partial charge in [0, 0.05) is 56.3 Å². The Morgan fingerprint density at radius 1 is 1.12 bits per heavy atom. The average molecular weight is 683 g/mol. The average Bonchev–Trinajstić information content (AvgIpc) is 3.09. The fourth-order valence-corrected chi connectivity index (χ4v) is 6.53. The number of amides is 2. The van der Waals surface area contributed by atoms with Gasteiger partial charge in [-0.1, -0.05) is 6.92 Å². The molecule has 1 aromatic heterocycles. The van der Waals surface area contributed by atoms with Crippen molar-refractivity contribution in [2.24, 2.45) is 5.92 Å². The molecule has 1 aliphatic heterocycles. The molecule has 0 saturated carbocycles. The molecular weight excluding hydrogens is 636 g/mol. The van der Waals surface area contributed by atoms with E-state index in [4.69, 9.17) is 14.2 Å². The summed E-state index contributed by atoms with van der Waals surface area (Å²) in [6.07, 6.45) is 4.75. The minimum absolute atomic E-state index is 0.0300. The molecule has 0 aliphatic carbocycles. The molecule has 2 N–H and O–H groups in total. The third kappa shape index (κ3) is 9.45. The van der Waals surface area contributed by atoms with E-state index >= 15 is 0 Å². The molecule has 3 aromatic rings. The summed E-state index contributed by atoms with van der Waals surface area (Å²) in [5.41, 5.74) is 0.844. The van der Waals surface area contributed by atoms with E-state index in [9.17, 15) is 23.1 Å². The number of ether oxygens (including phenoxy) is 3. The summed E-state index contributed by atoms with van der Waals surface area (Å²) in [7, 11) is -0.784. The second kappa shape index (κ2) is 16.8. The number of likely N-dealkylation sites (N-methyl/N-ethyl adjacent to an activating group) is 1. The number of carbonyl (C=O) groups is 2. The van der Waals surface area contributed by atoms with Crippen molar-refractivity contribution in [1.29, 1.82) is 0 Å².